The third-order valence-electron chi connectivity index (χ3n) is 3.82. The van der Waals surface area contributed by atoms with E-state index in [1.807, 2.05) is 6.07 Å². The monoisotopic (exact) mass is 378 g/mol. The van der Waals surface area contributed by atoms with Crippen LogP contribution in [0.25, 0.3) is 0 Å². The van der Waals surface area contributed by atoms with Gasteiger partial charge in [-0.05, 0) is 37.1 Å². The van der Waals surface area contributed by atoms with Crippen molar-refractivity contribution in [2.45, 2.75) is 18.0 Å². The maximum Gasteiger partial charge on any atom is 0.234 e. The van der Waals surface area contributed by atoms with Crippen molar-refractivity contribution in [1.82, 2.24) is 9.97 Å². The maximum absolute atomic E-state index is 12.2. The van der Waals surface area contributed by atoms with Crippen LogP contribution in [0, 0.1) is 0 Å². The van der Waals surface area contributed by atoms with E-state index in [0.717, 1.165) is 18.9 Å². The van der Waals surface area contributed by atoms with Gasteiger partial charge >= 0.3 is 0 Å². The minimum Gasteiger partial charge on any atom is -0.495 e. The number of hydrogen-bond acceptors (Lipinski definition) is 6. The molecule has 25 heavy (non-hydrogen) atoms. The van der Waals surface area contributed by atoms with Crippen LogP contribution in [0.3, 0.4) is 0 Å². The number of amides is 1. The molecule has 0 spiro atoms. The smallest absolute Gasteiger partial charge is 0.234 e. The van der Waals surface area contributed by atoms with Crippen LogP contribution in [0.2, 0.25) is 5.02 Å². The minimum atomic E-state index is -0.166. The van der Waals surface area contributed by atoms with Crippen molar-refractivity contribution in [3.05, 3.63) is 35.5 Å². The van der Waals surface area contributed by atoms with Gasteiger partial charge in [-0.2, -0.15) is 0 Å². The lowest BCUT2D eigenvalue weighted by Gasteiger charge is -2.16. The second kappa shape index (κ2) is 8.40. The third-order valence-corrected chi connectivity index (χ3v) is 4.91. The molecule has 2 aromatic rings. The van der Waals surface area contributed by atoms with E-state index in [1.165, 1.54) is 24.6 Å². The summed E-state index contributed by atoms with van der Waals surface area (Å²) in [6.45, 7) is 2.05. The third kappa shape index (κ3) is 4.76. The van der Waals surface area contributed by atoms with Crippen molar-refractivity contribution in [3.63, 3.8) is 0 Å². The number of hydrogen-bond donors (Lipinski definition) is 1. The van der Waals surface area contributed by atoms with Crippen molar-refractivity contribution in [3.8, 4) is 5.75 Å². The highest BCUT2D eigenvalue weighted by Crippen LogP contribution is 2.28. The van der Waals surface area contributed by atoms with E-state index in [1.54, 1.807) is 31.5 Å². The molecule has 0 aliphatic carbocycles. The Morgan fingerprint density at radius 2 is 2.16 bits per heavy atom. The van der Waals surface area contributed by atoms with E-state index < -0.39 is 0 Å². The first kappa shape index (κ1) is 17.8. The summed E-state index contributed by atoms with van der Waals surface area (Å²) in [5, 5.41) is 3.93. The predicted octanol–water partition coefficient (Wildman–Crippen LogP) is 3.47. The highest BCUT2D eigenvalue weighted by molar-refractivity contribution is 7.99. The van der Waals surface area contributed by atoms with Gasteiger partial charge in [0.15, 0.2) is 5.16 Å². The van der Waals surface area contributed by atoms with Gasteiger partial charge in [-0.15, -0.1) is 0 Å². The number of benzene rings is 1. The van der Waals surface area contributed by atoms with Gasteiger partial charge in [-0.3, -0.25) is 4.79 Å². The molecule has 6 nitrogen and oxygen atoms in total. The fraction of sp³-hybridized carbons (Fsp3) is 0.353. The van der Waals surface area contributed by atoms with Gasteiger partial charge in [0.2, 0.25) is 5.91 Å². The Kier molecular flexibility index (Phi) is 5.99. The largest absolute Gasteiger partial charge is 0.495 e. The molecule has 1 aromatic carbocycles. The van der Waals surface area contributed by atoms with Gasteiger partial charge < -0.3 is 15.0 Å². The molecule has 0 radical (unpaired) electrons. The van der Waals surface area contributed by atoms with E-state index in [4.69, 9.17) is 16.3 Å². The number of aromatic nitrogens is 2. The van der Waals surface area contributed by atoms with Crippen LogP contribution in [0.5, 0.6) is 5.75 Å². The fourth-order valence-electron chi connectivity index (χ4n) is 2.62. The summed E-state index contributed by atoms with van der Waals surface area (Å²) < 4.78 is 5.23. The highest BCUT2D eigenvalue weighted by atomic mass is 35.5. The minimum absolute atomic E-state index is 0.166. The molecule has 1 amide bonds. The molecule has 1 fully saturated rings. The van der Waals surface area contributed by atoms with Crippen LogP contribution in [0.1, 0.15) is 12.8 Å². The first-order valence-electron chi connectivity index (χ1n) is 8.00. The molecule has 2 heterocycles. The Balaban J connectivity index is 1.59. The summed E-state index contributed by atoms with van der Waals surface area (Å²) in [7, 11) is 1.55. The molecule has 0 atom stereocenters. The Morgan fingerprint density at radius 1 is 1.36 bits per heavy atom. The second-order valence-electron chi connectivity index (χ2n) is 5.57. The van der Waals surface area contributed by atoms with E-state index >= 15 is 0 Å². The summed E-state index contributed by atoms with van der Waals surface area (Å²) in [5.74, 6) is 1.53. The molecular formula is C17H19ClN4O2S. The molecule has 1 saturated heterocycles. The Hall–Kier alpha value is -1.99. The first-order chi connectivity index (χ1) is 12.2. The number of rotatable bonds is 6. The van der Waals surface area contributed by atoms with Crippen molar-refractivity contribution in [1.29, 1.82) is 0 Å². The lowest BCUT2D eigenvalue weighted by molar-refractivity contribution is -0.113. The van der Waals surface area contributed by atoms with Gasteiger partial charge in [0.1, 0.15) is 11.6 Å². The Bertz CT molecular complexity index is 753. The molecule has 0 bridgehead atoms. The molecule has 0 unspecified atom stereocenters. The fourth-order valence-corrected chi connectivity index (χ4v) is 3.42. The Labute approximate surface area is 155 Å². The van der Waals surface area contributed by atoms with Crippen molar-refractivity contribution in [2.75, 3.05) is 36.2 Å². The standard InChI is InChI=1S/C17H19ClN4O2S/c1-24-14-5-4-12(18)10-13(14)20-16(23)11-25-17-19-7-6-15(21-17)22-8-2-3-9-22/h4-7,10H,2-3,8-9,11H2,1H3,(H,20,23). The van der Waals surface area contributed by atoms with Gasteiger partial charge in [0.05, 0.1) is 18.6 Å². The van der Waals surface area contributed by atoms with Gasteiger partial charge in [-0.25, -0.2) is 9.97 Å². The van der Waals surface area contributed by atoms with Crippen LogP contribution in [-0.2, 0) is 4.79 Å². The lowest BCUT2D eigenvalue weighted by Crippen LogP contribution is -2.19. The molecule has 1 aliphatic rings. The van der Waals surface area contributed by atoms with Crippen molar-refractivity contribution in [2.24, 2.45) is 0 Å². The molecule has 8 heteroatoms. The lowest BCUT2D eigenvalue weighted by atomic mass is 10.3. The quantitative estimate of drug-likeness (QED) is 0.613. The van der Waals surface area contributed by atoms with Gasteiger partial charge in [0.25, 0.3) is 0 Å². The summed E-state index contributed by atoms with van der Waals surface area (Å²) in [6, 6.07) is 7.00. The van der Waals surface area contributed by atoms with E-state index in [0.29, 0.717) is 21.6 Å². The van der Waals surface area contributed by atoms with Crippen molar-refractivity contribution < 1.29 is 9.53 Å². The average Bonchev–Trinajstić information content (AvgIpc) is 3.15. The SMILES string of the molecule is COc1ccc(Cl)cc1NC(=O)CSc1nccc(N2CCCC2)n1. The van der Waals surface area contributed by atoms with Crippen LogP contribution < -0.4 is 15.0 Å². The average molecular weight is 379 g/mol. The number of carbonyl (C=O) groups excluding carboxylic acids is 1. The topological polar surface area (TPSA) is 67.3 Å². The number of nitrogens with zero attached hydrogens (tertiary/aromatic N) is 3. The van der Waals surface area contributed by atoms with E-state index in [2.05, 4.69) is 20.2 Å². The number of anilines is 2. The summed E-state index contributed by atoms with van der Waals surface area (Å²) in [4.78, 5) is 23.2. The summed E-state index contributed by atoms with van der Waals surface area (Å²) >= 11 is 7.28. The zero-order valence-electron chi connectivity index (χ0n) is 13.9. The maximum atomic E-state index is 12.2. The molecule has 1 aromatic heterocycles. The molecule has 1 aliphatic heterocycles. The predicted molar refractivity (Wildman–Crippen MR) is 101 cm³/mol. The molecule has 132 valence electrons. The molecule has 3 rings (SSSR count). The normalized spacial score (nSPS) is 13.8. The number of ether oxygens (including phenoxy) is 1. The second-order valence-corrected chi connectivity index (χ2v) is 6.95. The van der Waals surface area contributed by atoms with Crippen LogP contribution >= 0.6 is 23.4 Å². The van der Waals surface area contributed by atoms with E-state index in [9.17, 15) is 4.79 Å². The zero-order chi connectivity index (χ0) is 17.6. The van der Waals surface area contributed by atoms with Crippen molar-refractivity contribution >= 4 is 40.8 Å². The molecule has 0 saturated carbocycles. The number of halogens is 1. The number of carbonyl (C=O) groups is 1. The first-order valence-corrected chi connectivity index (χ1v) is 9.36. The number of nitrogens with one attached hydrogen (secondary N) is 1. The summed E-state index contributed by atoms with van der Waals surface area (Å²) in [5.41, 5.74) is 0.548. The number of methoxy groups -OCH3 is 1. The van der Waals surface area contributed by atoms with Gasteiger partial charge in [-0.1, -0.05) is 23.4 Å². The number of thioether (sulfide) groups is 1. The summed E-state index contributed by atoms with van der Waals surface area (Å²) in [6.07, 6.45) is 4.12. The zero-order valence-corrected chi connectivity index (χ0v) is 15.4. The van der Waals surface area contributed by atoms with Gasteiger partial charge in [0, 0.05) is 24.3 Å². The molecule has 1 N–H and O–H groups in total. The van der Waals surface area contributed by atoms with E-state index in [-0.39, 0.29) is 11.7 Å². The highest BCUT2D eigenvalue weighted by Gasteiger charge is 2.15. The Morgan fingerprint density at radius 3 is 2.92 bits per heavy atom. The molecular weight excluding hydrogens is 360 g/mol. The van der Waals surface area contributed by atoms with Crippen LogP contribution in [0.15, 0.2) is 35.6 Å². The van der Waals surface area contributed by atoms with Crippen LogP contribution in [-0.4, -0.2) is 41.8 Å². The van der Waals surface area contributed by atoms with Crippen LogP contribution in [0.4, 0.5) is 11.5 Å².